The summed E-state index contributed by atoms with van der Waals surface area (Å²) in [5.74, 6) is -0.984. The molecular weight excluding hydrogens is 529 g/mol. The van der Waals surface area contributed by atoms with Crippen molar-refractivity contribution in [2.45, 2.75) is 51.4 Å². The first-order chi connectivity index (χ1) is 18.9. The number of fused-ring (bicyclic) bond motifs is 1. The van der Waals surface area contributed by atoms with Crippen molar-refractivity contribution in [3.63, 3.8) is 0 Å². The van der Waals surface area contributed by atoms with Crippen molar-refractivity contribution in [3.05, 3.63) is 54.1 Å². The Balaban J connectivity index is 1.84. The van der Waals surface area contributed by atoms with Crippen LogP contribution in [0.25, 0.3) is 0 Å². The Morgan fingerprint density at radius 2 is 1.85 bits per heavy atom. The van der Waals surface area contributed by atoms with Crippen LogP contribution < -0.4 is 15.4 Å². The fourth-order valence-electron chi connectivity index (χ4n) is 4.30. The van der Waals surface area contributed by atoms with Crippen LogP contribution in [0.4, 0.5) is 29.3 Å². The van der Waals surface area contributed by atoms with Gasteiger partial charge >= 0.3 is 12.2 Å². The summed E-state index contributed by atoms with van der Waals surface area (Å²) in [5.41, 5.74) is 1.28. The summed E-state index contributed by atoms with van der Waals surface area (Å²) < 4.78 is 43.9. The van der Waals surface area contributed by atoms with Crippen LogP contribution in [-0.4, -0.2) is 77.8 Å². The number of alkyl halides is 3. The fourth-order valence-corrected chi connectivity index (χ4v) is 4.30. The van der Waals surface area contributed by atoms with Gasteiger partial charge in [0.2, 0.25) is 11.8 Å². The van der Waals surface area contributed by atoms with E-state index in [9.17, 15) is 32.7 Å². The molecule has 218 valence electrons. The molecule has 0 fully saturated rings. The third-order valence-electron chi connectivity index (χ3n) is 6.66. The average Bonchev–Trinajstić information content (AvgIpc) is 2.94. The Labute approximate surface area is 231 Å². The molecule has 3 atom stereocenters. The summed E-state index contributed by atoms with van der Waals surface area (Å²) >= 11 is 0. The molecule has 0 unspecified atom stereocenters. The molecule has 0 saturated carbocycles. The van der Waals surface area contributed by atoms with Crippen molar-refractivity contribution in [2.24, 2.45) is 5.92 Å². The number of hydrogen-bond acceptors (Lipinski definition) is 5. The van der Waals surface area contributed by atoms with Crippen LogP contribution in [0.1, 0.15) is 32.3 Å². The van der Waals surface area contributed by atoms with Gasteiger partial charge in [0.25, 0.3) is 0 Å². The molecule has 2 aromatic rings. The van der Waals surface area contributed by atoms with Gasteiger partial charge in [-0.2, -0.15) is 13.2 Å². The molecule has 0 aromatic heterocycles. The van der Waals surface area contributed by atoms with E-state index in [1.165, 1.54) is 17.0 Å². The van der Waals surface area contributed by atoms with Crippen molar-refractivity contribution in [3.8, 4) is 5.75 Å². The zero-order valence-corrected chi connectivity index (χ0v) is 22.7. The Morgan fingerprint density at radius 1 is 1.15 bits per heavy atom. The first-order valence-electron chi connectivity index (χ1n) is 13.0. The molecule has 0 bridgehead atoms. The standard InChI is InChI=1S/C28H35F3N4O5/c1-18-15-35(19(2)17-36)26(38)14-20-13-22(32-25(37)11-12-28(29,30)31)9-10-23(20)40-24(18)16-34(3)27(39)33-21-7-5-4-6-8-21/h4-10,13,18-19,24,36H,11-12,14-17H2,1-3H3,(H,32,37)(H,33,39)/t18-,19+,24-/m1/s1. The number of ether oxygens (including phenoxy) is 1. The lowest BCUT2D eigenvalue weighted by atomic mass is 10.0. The number of benzene rings is 2. The summed E-state index contributed by atoms with van der Waals surface area (Å²) in [6.45, 7) is 3.78. The van der Waals surface area contributed by atoms with Crippen LogP contribution >= 0.6 is 0 Å². The number of anilines is 2. The predicted molar refractivity (Wildman–Crippen MR) is 144 cm³/mol. The van der Waals surface area contributed by atoms with E-state index < -0.39 is 37.1 Å². The van der Waals surface area contributed by atoms with E-state index in [0.717, 1.165) is 0 Å². The number of hydrogen-bond donors (Lipinski definition) is 3. The number of para-hydroxylation sites is 1. The van der Waals surface area contributed by atoms with Gasteiger partial charge in [0.05, 0.1) is 32.0 Å². The topological polar surface area (TPSA) is 111 Å². The van der Waals surface area contributed by atoms with Crippen LogP contribution in [0.5, 0.6) is 5.75 Å². The van der Waals surface area contributed by atoms with Crippen molar-refractivity contribution < 1.29 is 37.4 Å². The number of aliphatic hydroxyl groups is 1. The van der Waals surface area contributed by atoms with E-state index >= 15 is 0 Å². The molecule has 2 aromatic carbocycles. The van der Waals surface area contributed by atoms with Crippen molar-refractivity contribution >= 4 is 29.2 Å². The summed E-state index contributed by atoms with van der Waals surface area (Å²) in [6, 6.07) is 12.7. The first kappa shape index (κ1) is 30.7. The second kappa shape index (κ2) is 13.5. The highest BCUT2D eigenvalue weighted by molar-refractivity contribution is 5.91. The van der Waals surface area contributed by atoms with Gasteiger partial charge in [-0.05, 0) is 37.3 Å². The average molecular weight is 565 g/mol. The molecule has 0 saturated heterocycles. The van der Waals surface area contributed by atoms with E-state index in [2.05, 4.69) is 10.6 Å². The number of rotatable bonds is 8. The zero-order chi connectivity index (χ0) is 29.4. The lowest BCUT2D eigenvalue weighted by molar-refractivity contribution is -0.142. The van der Waals surface area contributed by atoms with E-state index in [4.69, 9.17) is 4.74 Å². The number of urea groups is 1. The minimum Gasteiger partial charge on any atom is -0.488 e. The Bertz CT molecular complexity index is 1180. The molecule has 1 heterocycles. The summed E-state index contributed by atoms with van der Waals surface area (Å²) in [4.78, 5) is 41.2. The number of amides is 4. The molecule has 0 aliphatic carbocycles. The van der Waals surface area contributed by atoms with Crippen LogP contribution in [-0.2, 0) is 16.0 Å². The van der Waals surface area contributed by atoms with E-state index in [0.29, 0.717) is 17.0 Å². The van der Waals surface area contributed by atoms with Gasteiger partial charge in [-0.1, -0.05) is 25.1 Å². The molecule has 3 rings (SSSR count). The number of nitrogens with zero attached hydrogens (tertiary/aromatic N) is 2. The molecule has 0 radical (unpaired) electrons. The smallest absolute Gasteiger partial charge is 0.389 e. The number of carbonyl (C=O) groups is 3. The van der Waals surface area contributed by atoms with Crippen LogP contribution in [0.15, 0.2) is 48.5 Å². The molecular formula is C28H35F3N4O5. The monoisotopic (exact) mass is 564 g/mol. The van der Waals surface area contributed by atoms with Gasteiger partial charge in [0, 0.05) is 42.9 Å². The summed E-state index contributed by atoms with van der Waals surface area (Å²) in [6.07, 6.45) is -7.10. The molecule has 9 nitrogen and oxygen atoms in total. The predicted octanol–water partition coefficient (Wildman–Crippen LogP) is 4.28. The van der Waals surface area contributed by atoms with Gasteiger partial charge < -0.3 is 30.3 Å². The summed E-state index contributed by atoms with van der Waals surface area (Å²) in [7, 11) is 1.63. The molecule has 4 amide bonds. The maximum atomic E-state index is 13.3. The van der Waals surface area contributed by atoms with Gasteiger partial charge in [-0.25, -0.2) is 4.79 Å². The van der Waals surface area contributed by atoms with Crippen LogP contribution in [0, 0.1) is 5.92 Å². The number of aliphatic hydroxyl groups excluding tert-OH is 1. The van der Waals surface area contributed by atoms with E-state index in [1.54, 1.807) is 49.2 Å². The van der Waals surface area contributed by atoms with Crippen molar-refractivity contribution in [1.82, 2.24) is 9.80 Å². The number of nitrogens with one attached hydrogen (secondary N) is 2. The maximum Gasteiger partial charge on any atom is 0.389 e. The largest absolute Gasteiger partial charge is 0.488 e. The second-order valence-corrected chi connectivity index (χ2v) is 10.1. The molecule has 1 aliphatic heterocycles. The molecule has 0 spiro atoms. The SMILES string of the molecule is C[C@@H]1CN([C@@H](C)CO)C(=O)Cc2cc(NC(=O)CCC(F)(F)F)ccc2O[C@@H]1CN(C)C(=O)Nc1ccccc1. The Kier molecular flexibility index (Phi) is 10.4. The highest BCUT2D eigenvalue weighted by atomic mass is 19.4. The van der Waals surface area contributed by atoms with Crippen molar-refractivity contribution in [2.75, 3.05) is 37.4 Å². The molecule has 40 heavy (non-hydrogen) atoms. The van der Waals surface area contributed by atoms with Gasteiger partial charge in [-0.3, -0.25) is 9.59 Å². The number of likely N-dealkylation sites (N-methyl/N-ethyl adjacent to an activating group) is 1. The fraction of sp³-hybridized carbons (Fsp3) is 0.464. The van der Waals surface area contributed by atoms with Gasteiger partial charge in [0.15, 0.2) is 0 Å². The van der Waals surface area contributed by atoms with Gasteiger partial charge in [0.1, 0.15) is 11.9 Å². The Morgan fingerprint density at radius 3 is 2.50 bits per heavy atom. The lowest BCUT2D eigenvalue weighted by Gasteiger charge is -2.34. The molecule has 3 N–H and O–H groups in total. The van der Waals surface area contributed by atoms with Crippen LogP contribution in [0.2, 0.25) is 0 Å². The molecule has 12 heteroatoms. The normalized spacial score (nSPS) is 18.4. The third-order valence-corrected chi connectivity index (χ3v) is 6.66. The molecule has 1 aliphatic rings. The highest BCUT2D eigenvalue weighted by Gasteiger charge is 2.32. The lowest BCUT2D eigenvalue weighted by Crippen LogP contribution is -2.48. The second-order valence-electron chi connectivity index (χ2n) is 10.1. The minimum absolute atomic E-state index is 0.115. The van der Waals surface area contributed by atoms with E-state index in [1.807, 2.05) is 13.0 Å². The van der Waals surface area contributed by atoms with Crippen molar-refractivity contribution in [1.29, 1.82) is 0 Å². The quantitative estimate of drug-likeness (QED) is 0.443. The number of halogens is 3. The highest BCUT2D eigenvalue weighted by Crippen LogP contribution is 2.30. The first-order valence-corrected chi connectivity index (χ1v) is 13.0. The maximum absolute atomic E-state index is 13.3. The number of carbonyl (C=O) groups excluding carboxylic acids is 3. The van der Waals surface area contributed by atoms with Gasteiger partial charge in [-0.15, -0.1) is 0 Å². The Hall–Kier alpha value is -3.80. The summed E-state index contributed by atoms with van der Waals surface area (Å²) in [5, 5.41) is 15.0. The minimum atomic E-state index is -4.45. The third kappa shape index (κ3) is 8.87. The van der Waals surface area contributed by atoms with E-state index in [-0.39, 0.29) is 49.7 Å². The van der Waals surface area contributed by atoms with Crippen LogP contribution in [0.3, 0.4) is 0 Å². The zero-order valence-electron chi connectivity index (χ0n) is 22.7.